The summed E-state index contributed by atoms with van der Waals surface area (Å²) in [5.41, 5.74) is 0. The van der Waals surface area contributed by atoms with Gasteiger partial charge in [0.25, 0.3) is 0 Å². The van der Waals surface area contributed by atoms with Gasteiger partial charge >= 0.3 is 0 Å². The minimum absolute atomic E-state index is 0.0146. The van der Waals surface area contributed by atoms with Crippen molar-refractivity contribution < 1.29 is 14.6 Å². The molecule has 0 aromatic heterocycles. The molecule has 0 spiro atoms. The Bertz CT molecular complexity index is 285. The number of rotatable bonds is 1. The molecular weight excluding hydrogens is 192 g/mol. The molecule has 72 valence electrons. The SMILES string of the molecule is CO[C@H]1C[C@H]2C[C@@H]1C(=O)C(Cl)=C2O. The van der Waals surface area contributed by atoms with Crippen molar-refractivity contribution in [3.8, 4) is 0 Å². The summed E-state index contributed by atoms with van der Waals surface area (Å²) in [5.74, 6) is -0.221. The van der Waals surface area contributed by atoms with Gasteiger partial charge in [-0.25, -0.2) is 0 Å². The number of halogens is 1. The summed E-state index contributed by atoms with van der Waals surface area (Å²) < 4.78 is 5.17. The number of allylic oxidation sites excluding steroid dienone is 2. The molecule has 1 saturated carbocycles. The quantitative estimate of drug-likeness (QED) is 0.703. The molecule has 2 aliphatic rings. The number of hydrogen-bond donors (Lipinski definition) is 1. The van der Waals surface area contributed by atoms with Crippen LogP contribution in [0.15, 0.2) is 10.8 Å². The van der Waals surface area contributed by atoms with E-state index < -0.39 is 0 Å². The number of methoxy groups -OCH3 is 1. The van der Waals surface area contributed by atoms with E-state index in [-0.39, 0.29) is 34.5 Å². The average molecular weight is 203 g/mol. The largest absolute Gasteiger partial charge is 0.510 e. The van der Waals surface area contributed by atoms with Crippen LogP contribution in [0.5, 0.6) is 0 Å². The summed E-state index contributed by atoms with van der Waals surface area (Å²) in [7, 11) is 1.59. The Morgan fingerprint density at radius 1 is 1.54 bits per heavy atom. The van der Waals surface area contributed by atoms with Crippen molar-refractivity contribution >= 4 is 17.4 Å². The molecule has 0 aliphatic heterocycles. The Labute approximate surface area is 81.3 Å². The van der Waals surface area contributed by atoms with E-state index in [0.29, 0.717) is 12.8 Å². The topological polar surface area (TPSA) is 46.5 Å². The number of aliphatic hydroxyl groups excluding tert-OH is 1. The van der Waals surface area contributed by atoms with E-state index in [2.05, 4.69) is 0 Å². The number of ketones is 1. The molecule has 0 aromatic carbocycles. The molecule has 3 nitrogen and oxygen atoms in total. The zero-order valence-corrected chi connectivity index (χ0v) is 8.04. The van der Waals surface area contributed by atoms with Crippen LogP contribution in [0.3, 0.4) is 0 Å². The molecule has 2 rings (SSSR count). The summed E-state index contributed by atoms with van der Waals surface area (Å²) in [6.45, 7) is 0. The van der Waals surface area contributed by atoms with Gasteiger partial charge < -0.3 is 9.84 Å². The molecule has 0 radical (unpaired) electrons. The first-order chi connectivity index (χ1) is 6.15. The molecule has 0 unspecified atom stereocenters. The maximum absolute atomic E-state index is 11.5. The molecule has 2 bridgehead atoms. The van der Waals surface area contributed by atoms with Gasteiger partial charge in [-0.05, 0) is 12.8 Å². The number of ether oxygens (including phenoxy) is 1. The predicted octanol–water partition coefficient (Wildman–Crippen LogP) is 1.62. The first-order valence-corrected chi connectivity index (χ1v) is 4.68. The predicted molar refractivity (Wildman–Crippen MR) is 47.5 cm³/mol. The molecule has 3 atom stereocenters. The molecule has 0 saturated heterocycles. The van der Waals surface area contributed by atoms with Crippen LogP contribution < -0.4 is 0 Å². The first kappa shape index (κ1) is 9.03. The fourth-order valence-corrected chi connectivity index (χ4v) is 2.52. The van der Waals surface area contributed by atoms with Gasteiger partial charge in [0.05, 0.1) is 12.0 Å². The number of carbonyl (C=O) groups excluding carboxylic acids is 1. The van der Waals surface area contributed by atoms with E-state index in [1.54, 1.807) is 7.11 Å². The number of hydrogen-bond acceptors (Lipinski definition) is 3. The van der Waals surface area contributed by atoms with Gasteiger partial charge in [-0.2, -0.15) is 0 Å². The molecule has 1 fully saturated rings. The monoisotopic (exact) mass is 202 g/mol. The fraction of sp³-hybridized carbons (Fsp3) is 0.667. The van der Waals surface area contributed by atoms with Gasteiger partial charge in [0.2, 0.25) is 0 Å². The van der Waals surface area contributed by atoms with Crippen LogP contribution in [0.1, 0.15) is 12.8 Å². The van der Waals surface area contributed by atoms with Gasteiger partial charge in [0.1, 0.15) is 10.8 Å². The van der Waals surface area contributed by atoms with Crippen molar-refractivity contribution in [3.05, 3.63) is 10.8 Å². The van der Waals surface area contributed by atoms with Crippen LogP contribution in [-0.4, -0.2) is 24.1 Å². The highest BCUT2D eigenvalue weighted by Crippen LogP contribution is 2.44. The van der Waals surface area contributed by atoms with Gasteiger partial charge in [-0.1, -0.05) is 11.6 Å². The molecule has 0 aromatic rings. The summed E-state index contributed by atoms with van der Waals surface area (Å²) in [5, 5.41) is 9.53. The lowest BCUT2D eigenvalue weighted by molar-refractivity contribution is -0.122. The minimum Gasteiger partial charge on any atom is -0.510 e. The zero-order valence-electron chi connectivity index (χ0n) is 7.29. The number of aliphatic hydroxyl groups is 1. The van der Waals surface area contributed by atoms with E-state index in [0.717, 1.165) is 0 Å². The Hall–Kier alpha value is -0.540. The molecule has 0 heterocycles. The van der Waals surface area contributed by atoms with Crippen LogP contribution >= 0.6 is 11.6 Å². The smallest absolute Gasteiger partial charge is 0.183 e. The lowest BCUT2D eigenvalue weighted by Gasteiger charge is -2.18. The van der Waals surface area contributed by atoms with Gasteiger partial charge in [-0.3, -0.25) is 4.79 Å². The van der Waals surface area contributed by atoms with E-state index in [1.807, 2.05) is 0 Å². The van der Waals surface area contributed by atoms with Crippen molar-refractivity contribution in [2.24, 2.45) is 11.8 Å². The van der Waals surface area contributed by atoms with Crippen LogP contribution in [-0.2, 0) is 9.53 Å². The highest BCUT2D eigenvalue weighted by molar-refractivity contribution is 6.43. The highest BCUT2D eigenvalue weighted by Gasteiger charge is 2.46. The Morgan fingerprint density at radius 2 is 2.23 bits per heavy atom. The van der Waals surface area contributed by atoms with Crippen LogP contribution in [0.25, 0.3) is 0 Å². The average Bonchev–Trinajstić information content (AvgIpc) is 2.53. The third-order valence-electron chi connectivity index (χ3n) is 2.97. The molecule has 13 heavy (non-hydrogen) atoms. The first-order valence-electron chi connectivity index (χ1n) is 4.30. The third-order valence-corrected chi connectivity index (χ3v) is 3.35. The lowest BCUT2D eigenvalue weighted by Crippen LogP contribution is -2.26. The summed E-state index contributed by atoms with van der Waals surface area (Å²) in [4.78, 5) is 11.5. The van der Waals surface area contributed by atoms with E-state index >= 15 is 0 Å². The molecular formula is C9H11ClO3. The second-order valence-electron chi connectivity index (χ2n) is 3.61. The number of carbonyl (C=O) groups is 1. The van der Waals surface area contributed by atoms with E-state index in [4.69, 9.17) is 16.3 Å². The second-order valence-corrected chi connectivity index (χ2v) is 3.99. The third kappa shape index (κ3) is 1.18. The van der Waals surface area contributed by atoms with Crippen LogP contribution in [0, 0.1) is 11.8 Å². The Balaban J connectivity index is 2.33. The zero-order chi connectivity index (χ0) is 9.59. The maximum atomic E-state index is 11.5. The van der Waals surface area contributed by atoms with Crippen molar-refractivity contribution in [1.82, 2.24) is 0 Å². The number of Topliss-reactive ketones (excluding diaryl/α,β-unsaturated/α-hetero) is 1. The van der Waals surface area contributed by atoms with Crippen LogP contribution in [0.2, 0.25) is 0 Å². The highest BCUT2D eigenvalue weighted by atomic mass is 35.5. The lowest BCUT2D eigenvalue weighted by atomic mass is 9.92. The molecule has 1 N–H and O–H groups in total. The van der Waals surface area contributed by atoms with Gasteiger partial charge in [0, 0.05) is 13.0 Å². The molecule has 0 amide bonds. The fourth-order valence-electron chi connectivity index (χ4n) is 2.23. The number of fused-ring (bicyclic) bond motifs is 2. The van der Waals surface area contributed by atoms with E-state index in [1.165, 1.54) is 0 Å². The standard InChI is InChI=1S/C9H11ClO3/c1-13-6-3-4-2-5(6)9(12)7(10)8(4)11/h4-6,11H,2-3H2,1H3/t4-,5+,6+/m1/s1. The van der Waals surface area contributed by atoms with E-state index in [9.17, 15) is 9.90 Å². The summed E-state index contributed by atoms with van der Waals surface area (Å²) in [6.07, 6.45) is 1.31. The van der Waals surface area contributed by atoms with Gasteiger partial charge in [-0.15, -0.1) is 0 Å². The minimum atomic E-state index is -0.167. The van der Waals surface area contributed by atoms with Crippen LogP contribution in [0.4, 0.5) is 0 Å². The Morgan fingerprint density at radius 3 is 2.85 bits per heavy atom. The summed E-state index contributed by atoms with van der Waals surface area (Å²) >= 11 is 5.69. The molecule has 4 heteroatoms. The van der Waals surface area contributed by atoms with Crippen molar-refractivity contribution in [2.45, 2.75) is 18.9 Å². The van der Waals surface area contributed by atoms with Gasteiger partial charge in [0.15, 0.2) is 5.78 Å². The summed E-state index contributed by atoms with van der Waals surface area (Å²) in [6, 6.07) is 0. The Kier molecular flexibility index (Phi) is 2.08. The van der Waals surface area contributed by atoms with Crippen molar-refractivity contribution in [3.63, 3.8) is 0 Å². The van der Waals surface area contributed by atoms with Crippen molar-refractivity contribution in [1.29, 1.82) is 0 Å². The second kappa shape index (κ2) is 3.00. The molecule has 2 aliphatic carbocycles. The normalized spacial score (nSPS) is 38.6. The maximum Gasteiger partial charge on any atom is 0.183 e. The van der Waals surface area contributed by atoms with Crippen molar-refractivity contribution in [2.75, 3.05) is 7.11 Å².